The molecule has 0 radical (unpaired) electrons. The second kappa shape index (κ2) is 5.50. The van der Waals surface area contributed by atoms with Crippen molar-refractivity contribution in [3.8, 4) is 6.07 Å². The number of anilines is 3. The number of hydrogen-bond donors (Lipinski definition) is 1. The third-order valence-corrected chi connectivity index (χ3v) is 3.96. The predicted octanol–water partition coefficient (Wildman–Crippen LogP) is 2.56. The van der Waals surface area contributed by atoms with Gasteiger partial charge in [-0.1, -0.05) is 0 Å². The molecule has 0 spiro atoms. The Bertz CT molecular complexity index is 734. The van der Waals surface area contributed by atoms with Crippen LogP contribution in [-0.4, -0.2) is 27.4 Å². The van der Waals surface area contributed by atoms with E-state index in [9.17, 15) is 0 Å². The van der Waals surface area contributed by atoms with Crippen molar-refractivity contribution in [2.24, 2.45) is 0 Å². The summed E-state index contributed by atoms with van der Waals surface area (Å²) in [6.45, 7) is 5.45. The summed E-state index contributed by atoms with van der Waals surface area (Å²) in [6, 6.07) is 4.03. The smallest absolute Gasteiger partial charge is 0.229 e. The van der Waals surface area contributed by atoms with Crippen LogP contribution in [0.1, 0.15) is 11.3 Å². The molecule has 1 aliphatic heterocycles. The lowest BCUT2D eigenvalue weighted by Crippen LogP contribution is -2.41. The molecule has 1 fully saturated rings. The fraction of sp³-hybridized carbons (Fsp3) is 0.286. The van der Waals surface area contributed by atoms with E-state index in [2.05, 4.69) is 30.6 Å². The summed E-state index contributed by atoms with van der Waals surface area (Å²) in [5.41, 5.74) is 3.13. The van der Waals surface area contributed by atoms with Crippen molar-refractivity contribution in [2.75, 3.05) is 23.3 Å². The number of aryl methyl sites for hydroxylation is 2. The minimum atomic E-state index is 0.567. The summed E-state index contributed by atoms with van der Waals surface area (Å²) in [5, 5.41) is 12.7. The zero-order valence-corrected chi connectivity index (χ0v) is 12.6. The molecule has 7 heteroatoms. The highest BCUT2D eigenvalue weighted by molar-refractivity contribution is 7.10. The fourth-order valence-corrected chi connectivity index (χ4v) is 2.78. The minimum Gasteiger partial charge on any atom is -0.348 e. The molecule has 0 bridgehead atoms. The van der Waals surface area contributed by atoms with E-state index < -0.39 is 0 Å². The molecule has 1 aliphatic rings. The molecule has 3 rings (SSSR count). The largest absolute Gasteiger partial charge is 0.348 e. The Morgan fingerprint density at radius 3 is 2.90 bits per heavy atom. The number of nitrogens with one attached hydrogen (secondary N) is 1. The van der Waals surface area contributed by atoms with Gasteiger partial charge in [0.2, 0.25) is 5.95 Å². The third-order valence-electron chi connectivity index (χ3n) is 3.16. The number of allylic oxidation sites excluding steroid dienone is 1. The maximum absolute atomic E-state index is 8.64. The van der Waals surface area contributed by atoms with Gasteiger partial charge >= 0.3 is 0 Å². The summed E-state index contributed by atoms with van der Waals surface area (Å²) in [6.07, 6.45) is 3.41. The Morgan fingerprint density at radius 1 is 1.43 bits per heavy atom. The zero-order chi connectivity index (χ0) is 14.8. The zero-order valence-electron chi connectivity index (χ0n) is 11.8. The molecular weight excluding hydrogens is 284 g/mol. The van der Waals surface area contributed by atoms with Crippen LogP contribution < -0.4 is 10.2 Å². The van der Waals surface area contributed by atoms with E-state index >= 15 is 0 Å². The van der Waals surface area contributed by atoms with Gasteiger partial charge in [-0.2, -0.15) is 14.6 Å². The van der Waals surface area contributed by atoms with E-state index in [1.807, 2.05) is 26.1 Å². The van der Waals surface area contributed by atoms with Crippen LogP contribution in [0.15, 0.2) is 23.9 Å². The first-order valence-corrected chi connectivity index (χ1v) is 7.29. The number of aromatic nitrogens is 3. The summed E-state index contributed by atoms with van der Waals surface area (Å²) in [5.74, 6) is 1.47. The van der Waals surface area contributed by atoms with Crippen molar-refractivity contribution >= 4 is 28.3 Å². The number of nitrogens with zero attached hydrogens (tertiary/aromatic N) is 5. The molecule has 1 saturated heterocycles. The van der Waals surface area contributed by atoms with Gasteiger partial charge in [0, 0.05) is 30.9 Å². The summed E-state index contributed by atoms with van der Waals surface area (Å²) >= 11 is 1.39. The summed E-state index contributed by atoms with van der Waals surface area (Å²) in [7, 11) is 0. The highest BCUT2D eigenvalue weighted by Gasteiger charge is 2.23. The molecule has 0 aliphatic carbocycles. The average Bonchev–Trinajstić information content (AvgIpc) is 2.82. The number of rotatable bonds is 3. The Morgan fingerprint density at radius 2 is 2.24 bits per heavy atom. The van der Waals surface area contributed by atoms with Crippen molar-refractivity contribution < 1.29 is 0 Å². The quantitative estimate of drug-likeness (QED) is 0.877. The van der Waals surface area contributed by atoms with Gasteiger partial charge < -0.3 is 10.2 Å². The lowest BCUT2D eigenvalue weighted by molar-refractivity contribution is 0.752. The van der Waals surface area contributed by atoms with E-state index in [1.54, 1.807) is 6.08 Å². The van der Waals surface area contributed by atoms with E-state index in [1.165, 1.54) is 11.5 Å². The monoisotopic (exact) mass is 298 g/mol. The Hall–Kier alpha value is -2.46. The van der Waals surface area contributed by atoms with Gasteiger partial charge in [0.1, 0.15) is 10.8 Å². The van der Waals surface area contributed by atoms with Crippen LogP contribution in [0.5, 0.6) is 0 Å². The molecule has 0 atom stereocenters. The maximum atomic E-state index is 8.64. The second-order valence-electron chi connectivity index (χ2n) is 4.95. The first-order valence-electron chi connectivity index (χ1n) is 6.52. The van der Waals surface area contributed by atoms with Crippen molar-refractivity contribution in [1.82, 2.24) is 14.3 Å². The van der Waals surface area contributed by atoms with E-state index in [0.717, 1.165) is 40.7 Å². The highest BCUT2D eigenvalue weighted by Crippen LogP contribution is 2.27. The van der Waals surface area contributed by atoms with Crippen molar-refractivity contribution in [3.63, 3.8) is 0 Å². The summed E-state index contributed by atoms with van der Waals surface area (Å²) < 4.78 is 4.22. The third kappa shape index (κ3) is 2.85. The van der Waals surface area contributed by atoms with Gasteiger partial charge in [0.05, 0.1) is 11.8 Å². The van der Waals surface area contributed by atoms with E-state index in [4.69, 9.17) is 5.26 Å². The fourth-order valence-electron chi connectivity index (χ4n) is 2.12. The molecule has 3 heterocycles. The van der Waals surface area contributed by atoms with Crippen molar-refractivity contribution in [2.45, 2.75) is 13.8 Å². The first kappa shape index (κ1) is 13.5. The molecule has 21 heavy (non-hydrogen) atoms. The molecule has 0 saturated carbocycles. The first-order chi connectivity index (χ1) is 10.2. The highest BCUT2D eigenvalue weighted by atomic mass is 32.1. The van der Waals surface area contributed by atoms with Gasteiger partial charge in [0.25, 0.3) is 0 Å². The Labute approximate surface area is 126 Å². The van der Waals surface area contributed by atoms with E-state index in [-0.39, 0.29) is 0 Å². The molecule has 106 valence electrons. The lowest BCUT2D eigenvalue weighted by Gasteiger charge is -2.35. The Kier molecular flexibility index (Phi) is 3.54. The van der Waals surface area contributed by atoms with Crippen LogP contribution in [0.3, 0.4) is 0 Å². The second-order valence-corrected chi connectivity index (χ2v) is 5.75. The van der Waals surface area contributed by atoms with Gasteiger partial charge in [-0.3, -0.25) is 0 Å². The molecule has 2 aromatic heterocycles. The minimum absolute atomic E-state index is 0.567. The van der Waals surface area contributed by atoms with Crippen molar-refractivity contribution in [3.05, 3.63) is 35.2 Å². The van der Waals surface area contributed by atoms with Crippen LogP contribution in [-0.2, 0) is 0 Å². The lowest BCUT2D eigenvalue weighted by atomic mass is 10.1. The van der Waals surface area contributed by atoms with Crippen LogP contribution in [0, 0.1) is 25.2 Å². The SMILES string of the molecule is Cc1cc(Nc2ncc(C)c(N3CC(=CC#N)C3)n2)sn1. The topological polar surface area (TPSA) is 77.7 Å². The molecular formula is C14H14N6S. The molecule has 0 amide bonds. The molecule has 6 nitrogen and oxygen atoms in total. The standard InChI is InChI=1S/C14H14N6S/c1-9-6-16-14(17-12-5-10(2)19-21-12)18-13(9)20-7-11(8-20)3-4-15/h3,5-6H,7-8H2,1-2H3,(H,16,17,18). The van der Waals surface area contributed by atoms with Crippen LogP contribution in [0.4, 0.5) is 16.8 Å². The molecule has 0 aromatic carbocycles. The maximum Gasteiger partial charge on any atom is 0.229 e. The van der Waals surface area contributed by atoms with Crippen LogP contribution in [0.2, 0.25) is 0 Å². The van der Waals surface area contributed by atoms with Gasteiger partial charge in [-0.25, -0.2) is 4.98 Å². The Balaban J connectivity index is 1.78. The summed E-state index contributed by atoms with van der Waals surface area (Å²) in [4.78, 5) is 11.0. The van der Waals surface area contributed by atoms with Crippen LogP contribution >= 0.6 is 11.5 Å². The predicted molar refractivity (Wildman–Crippen MR) is 82.8 cm³/mol. The molecule has 2 aromatic rings. The van der Waals surface area contributed by atoms with Gasteiger partial charge in [-0.05, 0) is 37.0 Å². The normalized spacial score (nSPS) is 13.6. The molecule has 1 N–H and O–H groups in total. The van der Waals surface area contributed by atoms with E-state index in [0.29, 0.717) is 5.95 Å². The number of hydrogen-bond acceptors (Lipinski definition) is 7. The van der Waals surface area contributed by atoms with Crippen molar-refractivity contribution in [1.29, 1.82) is 5.26 Å². The van der Waals surface area contributed by atoms with Gasteiger partial charge in [0.15, 0.2) is 0 Å². The van der Waals surface area contributed by atoms with Crippen LogP contribution in [0.25, 0.3) is 0 Å². The molecule has 0 unspecified atom stereocenters. The number of nitriles is 1. The van der Waals surface area contributed by atoms with Gasteiger partial charge in [-0.15, -0.1) is 0 Å². The average molecular weight is 298 g/mol.